The molecule has 4 heteroatoms. The molecule has 0 unspecified atom stereocenters. The number of fused-ring (bicyclic) bond motifs is 1. The van der Waals surface area contributed by atoms with Gasteiger partial charge in [-0.3, -0.25) is 9.55 Å². The topological polar surface area (TPSA) is 43.6 Å². The van der Waals surface area contributed by atoms with Gasteiger partial charge < -0.3 is 0 Å². The number of aryl methyl sites for hydroxylation is 1. The second kappa shape index (κ2) is 5.07. The minimum atomic E-state index is -2.37. The molecule has 0 saturated carbocycles. The summed E-state index contributed by atoms with van der Waals surface area (Å²) in [5.74, 6) is 0.905. The summed E-state index contributed by atoms with van der Waals surface area (Å²) < 4.78 is 25.2. The highest BCUT2D eigenvalue weighted by Crippen LogP contribution is 2.28. The Kier molecular flexibility index (Phi) is 2.27. The lowest BCUT2D eigenvalue weighted by Gasteiger charge is -2.10. The maximum Gasteiger partial charge on any atom is 0.160 e. The van der Waals surface area contributed by atoms with Gasteiger partial charge in [0, 0.05) is 22.1 Å². The van der Waals surface area contributed by atoms with Crippen LogP contribution in [0, 0.1) is 6.85 Å². The lowest BCUT2D eigenvalue weighted by molar-refractivity contribution is 0.969. The minimum Gasteiger partial charge on any atom is -0.275 e. The largest absolute Gasteiger partial charge is 0.275 e. The smallest absolute Gasteiger partial charge is 0.160 e. The average molecular weight is 289 g/mol. The van der Waals surface area contributed by atoms with Crippen LogP contribution in [-0.4, -0.2) is 19.5 Å². The standard InChI is InChI=1S/C18H14N4/c1-13-17(20-12-11-19-13)22-16-10-6-5-9-15(16)21-18(22)14-7-3-2-4-8-14/h2-12H,1H3/i1D3. The van der Waals surface area contributed by atoms with Crippen LogP contribution in [0.5, 0.6) is 0 Å². The SMILES string of the molecule is [2H]C([2H])([2H])c1nccnc1-n1c(-c2ccccc2)nc2ccccc21. The number of aromatic nitrogens is 4. The molecule has 2 aromatic heterocycles. The first-order chi connectivity index (χ1) is 12.1. The Bertz CT molecular complexity index is 1040. The molecule has 4 aromatic rings. The summed E-state index contributed by atoms with van der Waals surface area (Å²) in [5, 5.41) is 0. The van der Waals surface area contributed by atoms with Gasteiger partial charge >= 0.3 is 0 Å². The first kappa shape index (κ1) is 9.84. The maximum absolute atomic E-state index is 7.80. The molecule has 0 aliphatic rings. The fraction of sp³-hybridized carbons (Fsp3) is 0.0556. The molecule has 4 rings (SSSR count). The zero-order valence-electron chi connectivity index (χ0n) is 14.6. The molecular weight excluding hydrogens is 272 g/mol. The lowest BCUT2D eigenvalue weighted by atomic mass is 10.2. The first-order valence-corrected chi connectivity index (χ1v) is 6.90. The van der Waals surface area contributed by atoms with E-state index in [-0.39, 0.29) is 11.5 Å². The highest BCUT2D eigenvalue weighted by atomic mass is 15.1. The Morgan fingerprint density at radius 1 is 0.909 bits per heavy atom. The molecule has 0 spiro atoms. The van der Waals surface area contributed by atoms with Gasteiger partial charge in [-0.25, -0.2) is 9.97 Å². The van der Waals surface area contributed by atoms with Gasteiger partial charge in [-0.15, -0.1) is 0 Å². The Labute approximate surface area is 132 Å². The zero-order chi connectivity index (χ0) is 17.4. The van der Waals surface area contributed by atoms with Crippen molar-refractivity contribution in [1.29, 1.82) is 0 Å². The van der Waals surface area contributed by atoms with E-state index in [1.54, 1.807) is 4.57 Å². The fourth-order valence-electron chi connectivity index (χ4n) is 2.52. The molecule has 0 atom stereocenters. The van der Waals surface area contributed by atoms with E-state index in [1.807, 2.05) is 54.6 Å². The third-order valence-electron chi connectivity index (χ3n) is 3.48. The molecule has 0 amide bonds. The normalized spacial score (nSPS) is 13.5. The number of para-hydroxylation sites is 2. The third kappa shape index (κ3) is 1.97. The highest BCUT2D eigenvalue weighted by Gasteiger charge is 2.16. The van der Waals surface area contributed by atoms with Crippen LogP contribution < -0.4 is 0 Å². The summed E-state index contributed by atoms with van der Waals surface area (Å²) in [5.41, 5.74) is 2.38. The Morgan fingerprint density at radius 2 is 1.68 bits per heavy atom. The van der Waals surface area contributed by atoms with Crippen molar-refractivity contribution >= 4 is 11.0 Å². The van der Waals surface area contributed by atoms with Gasteiger partial charge in [-0.2, -0.15) is 0 Å². The number of benzene rings is 2. The van der Waals surface area contributed by atoms with E-state index in [2.05, 4.69) is 9.97 Å². The van der Waals surface area contributed by atoms with Crippen LogP contribution in [0.1, 0.15) is 9.81 Å². The van der Waals surface area contributed by atoms with E-state index in [1.165, 1.54) is 12.4 Å². The van der Waals surface area contributed by atoms with Crippen molar-refractivity contribution in [1.82, 2.24) is 19.5 Å². The molecule has 0 fully saturated rings. The Hall–Kier alpha value is -3.01. The van der Waals surface area contributed by atoms with E-state index in [9.17, 15) is 0 Å². The van der Waals surface area contributed by atoms with Crippen LogP contribution in [0.4, 0.5) is 0 Å². The Morgan fingerprint density at radius 3 is 2.55 bits per heavy atom. The molecular formula is C18H14N4. The van der Waals surface area contributed by atoms with Crippen LogP contribution >= 0.6 is 0 Å². The summed E-state index contributed by atoms with van der Waals surface area (Å²) in [6.07, 6.45) is 2.89. The van der Waals surface area contributed by atoms with Crippen LogP contribution in [0.2, 0.25) is 0 Å². The van der Waals surface area contributed by atoms with Gasteiger partial charge in [0.2, 0.25) is 0 Å². The van der Waals surface area contributed by atoms with Crippen LogP contribution in [0.15, 0.2) is 67.0 Å². The van der Waals surface area contributed by atoms with Crippen molar-refractivity contribution < 1.29 is 4.11 Å². The number of nitrogens with zero attached hydrogens (tertiary/aromatic N) is 4. The van der Waals surface area contributed by atoms with E-state index in [0.29, 0.717) is 5.82 Å². The van der Waals surface area contributed by atoms with Crippen molar-refractivity contribution in [2.45, 2.75) is 6.85 Å². The van der Waals surface area contributed by atoms with Crippen molar-refractivity contribution in [3.8, 4) is 17.2 Å². The molecule has 0 radical (unpaired) electrons. The molecule has 2 aromatic carbocycles. The van der Waals surface area contributed by atoms with Crippen LogP contribution in [-0.2, 0) is 0 Å². The second-order valence-corrected chi connectivity index (χ2v) is 4.85. The molecule has 2 heterocycles. The van der Waals surface area contributed by atoms with Gasteiger partial charge in [0.1, 0.15) is 5.82 Å². The summed E-state index contributed by atoms with van der Waals surface area (Å²) >= 11 is 0. The summed E-state index contributed by atoms with van der Waals surface area (Å²) in [6.45, 7) is -2.37. The average Bonchev–Trinajstić information content (AvgIpc) is 3.01. The fourth-order valence-corrected chi connectivity index (χ4v) is 2.52. The summed E-state index contributed by atoms with van der Waals surface area (Å²) in [6, 6.07) is 17.2. The predicted octanol–water partition coefficient (Wildman–Crippen LogP) is 3.79. The summed E-state index contributed by atoms with van der Waals surface area (Å²) in [7, 11) is 0. The monoisotopic (exact) mass is 289 g/mol. The van der Waals surface area contributed by atoms with E-state index < -0.39 is 6.85 Å². The number of imidazole rings is 1. The molecule has 0 aliphatic carbocycles. The second-order valence-electron chi connectivity index (χ2n) is 4.85. The van der Waals surface area contributed by atoms with E-state index >= 15 is 0 Å². The van der Waals surface area contributed by atoms with Crippen LogP contribution in [0.25, 0.3) is 28.2 Å². The molecule has 4 nitrogen and oxygen atoms in total. The minimum absolute atomic E-state index is 0.0460. The highest BCUT2D eigenvalue weighted by molar-refractivity contribution is 5.82. The van der Waals surface area contributed by atoms with Gasteiger partial charge in [-0.1, -0.05) is 42.5 Å². The third-order valence-corrected chi connectivity index (χ3v) is 3.48. The predicted molar refractivity (Wildman–Crippen MR) is 86.8 cm³/mol. The Balaban J connectivity index is 2.09. The van der Waals surface area contributed by atoms with Gasteiger partial charge in [0.05, 0.1) is 16.7 Å². The molecule has 0 saturated heterocycles. The van der Waals surface area contributed by atoms with E-state index in [0.717, 1.165) is 16.6 Å². The quantitative estimate of drug-likeness (QED) is 0.564. The zero-order valence-corrected chi connectivity index (χ0v) is 11.6. The van der Waals surface area contributed by atoms with E-state index in [4.69, 9.17) is 9.10 Å². The molecule has 0 bridgehead atoms. The maximum atomic E-state index is 7.80. The number of hydrogen-bond acceptors (Lipinski definition) is 3. The van der Waals surface area contributed by atoms with Crippen LogP contribution in [0.3, 0.4) is 0 Å². The van der Waals surface area contributed by atoms with Crippen molar-refractivity contribution in [2.75, 3.05) is 0 Å². The van der Waals surface area contributed by atoms with Crippen molar-refractivity contribution in [3.05, 3.63) is 72.7 Å². The molecule has 106 valence electrons. The van der Waals surface area contributed by atoms with Gasteiger partial charge in [0.25, 0.3) is 0 Å². The lowest BCUT2D eigenvalue weighted by Crippen LogP contribution is -2.03. The van der Waals surface area contributed by atoms with Gasteiger partial charge in [0.15, 0.2) is 5.82 Å². The number of hydrogen-bond donors (Lipinski definition) is 0. The van der Waals surface area contributed by atoms with Crippen molar-refractivity contribution in [2.24, 2.45) is 0 Å². The molecule has 0 aliphatic heterocycles. The first-order valence-electron chi connectivity index (χ1n) is 8.40. The number of rotatable bonds is 2. The van der Waals surface area contributed by atoms with Crippen molar-refractivity contribution in [3.63, 3.8) is 0 Å². The molecule has 0 N–H and O–H groups in total. The van der Waals surface area contributed by atoms with Gasteiger partial charge in [-0.05, 0) is 19.0 Å². The molecule has 22 heavy (non-hydrogen) atoms. The summed E-state index contributed by atoms with van der Waals surface area (Å²) in [4.78, 5) is 13.1.